The lowest BCUT2D eigenvalue weighted by Gasteiger charge is -2.14. The first-order chi connectivity index (χ1) is 8.34. The molecule has 18 heavy (non-hydrogen) atoms. The first-order valence-electron chi connectivity index (χ1n) is 5.54. The van der Waals surface area contributed by atoms with Crippen LogP contribution in [0.1, 0.15) is 24.5 Å². The average molecular weight is 282 g/mol. The summed E-state index contributed by atoms with van der Waals surface area (Å²) in [5.74, 6) is 0. The number of hydrogen-bond acceptors (Lipinski definition) is 2. The Bertz CT molecular complexity index is 395. The second kappa shape index (κ2) is 6.41. The summed E-state index contributed by atoms with van der Waals surface area (Å²) in [4.78, 5) is 0. The van der Waals surface area contributed by atoms with Gasteiger partial charge in [-0.05, 0) is 31.0 Å². The maximum absolute atomic E-state index is 12.6. The molecule has 1 unspecified atom stereocenters. The van der Waals surface area contributed by atoms with Crippen molar-refractivity contribution >= 4 is 11.6 Å². The standard InChI is InChI=1S/C12H15ClF3NO/c1-8(4-5-18)17-7-9-2-3-11(13)10(6-9)12(14,15)16/h2-3,6,8,17-18H,4-5,7H2,1H3. The van der Waals surface area contributed by atoms with Gasteiger partial charge in [-0.2, -0.15) is 13.2 Å². The Morgan fingerprint density at radius 2 is 2.06 bits per heavy atom. The van der Waals surface area contributed by atoms with E-state index in [4.69, 9.17) is 16.7 Å². The largest absolute Gasteiger partial charge is 0.417 e. The van der Waals surface area contributed by atoms with E-state index in [0.29, 0.717) is 18.5 Å². The van der Waals surface area contributed by atoms with Crippen molar-refractivity contribution in [1.82, 2.24) is 5.32 Å². The molecule has 0 radical (unpaired) electrons. The fourth-order valence-electron chi connectivity index (χ4n) is 1.49. The monoisotopic (exact) mass is 281 g/mol. The highest BCUT2D eigenvalue weighted by Crippen LogP contribution is 2.35. The molecule has 1 aromatic rings. The fourth-order valence-corrected chi connectivity index (χ4v) is 1.71. The third kappa shape index (κ3) is 4.48. The molecule has 0 saturated heterocycles. The van der Waals surface area contributed by atoms with Crippen molar-refractivity contribution in [1.29, 1.82) is 0 Å². The molecule has 0 amide bonds. The summed E-state index contributed by atoms with van der Waals surface area (Å²) in [5.41, 5.74) is -0.310. The topological polar surface area (TPSA) is 32.3 Å². The van der Waals surface area contributed by atoms with E-state index in [0.717, 1.165) is 6.07 Å². The molecule has 0 bridgehead atoms. The Kier molecular flexibility index (Phi) is 5.44. The molecule has 1 aromatic carbocycles. The van der Waals surface area contributed by atoms with E-state index >= 15 is 0 Å². The molecular weight excluding hydrogens is 267 g/mol. The van der Waals surface area contributed by atoms with E-state index in [1.165, 1.54) is 6.07 Å². The lowest BCUT2D eigenvalue weighted by Crippen LogP contribution is -2.26. The minimum Gasteiger partial charge on any atom is -0.396 e. The van der Waals surface area contributed by atoms with Gasteiger partial charge in [0.2, 0.25) is 0 Å². The summed E-state index contributed by atoms with van der Waals surface area (Å²) in [6, 6.07) is 3.88. The van der Waals surface area contributed by atoms with Gasteiger partial charge in [0.1, 0.15) is 0 Å². The van der Waals surface area contributed by atoms with Crippen LogP contribution in [0.15, 0.2) is 18.2 Å². The van der Waals surface area contributed by atoms with Crippen LogP contribution in [0.3, 0.4) is 0 Å². The van der Waals surface area contributed by atoms with Gasteiger partial charge in [0.15, 0.2) is 0 Å². The maximum atomic E-state index is 12.6. The molecule has 0 aromatic heterocycles. The van der Waals surface area contributed by atoms with Gasteiger partial charge in [-0.3, -0.25) is 0 Å². The molecule has 0 heterocycles. The molecule has 2 N–H and O–H groups in total. The van der Waals surface area contributed by atoms with Gasteiger partial charge in [-0.25, -0.2) is 0 Å². The summed E-state index contributed by atoms with van der Waals surface area (Å²) in [5, 5.41) is 11.4. The Balaban J connectivity index is 2.74. The van der Waals surface area contributed by atoms with E-state index in [1.54, 1.807) is 6.07 Å². The molecule has 0 saturated carbocycles. The van der Waals surface area contributed by atoms with Gasteiger partial charge in [-0.1, -0.05) is 17.7 Å². The van der Waals surface area contributed by atoms with Crippen LogP contribution in [0.4, 0.5) is 13.2 Å². The number of benzene rings is 1. The highest BCUT2D eigenvalue weighted by atomic mass is 35.5. The SMILES string of the molecule is CC(CCO)NCc1ccc(Cl)c(C(F)(F)F)c1. The number of rotatable bonds is 5. The zero-order chi connectivity index (χ0) is 13.8. The van der Waals surface area contributed by atoms with E-state index in [1.807, 2.05) is 6.92 Å². The lowest BCUT2D eigenvalue weighted by molar-refractivity contribution is -0.137. The van der Waals surface area contributed by atoms with Gasteiger partial charge in [-0.15, -0.1) is 0 Å². The van der Waals surface area contributed by atoms with Gasteiger partial charge < -0.3 is 10.4 Å². The molecule has 0 aliphatic heterocycles. The lowest BCUT2D eigenvalue weighted by atomic mass is 10.1. The smallest absolute Gasteiger partial charge is 0.396 e. The van der Waals surface area contributed by atoms with Crippen LogP contribution in [0.2, 0.25) is 5.02 Å². The second-order valence-corrected chi connectivity index (χ2v) is 4.51. The molecular formula is C12H15ClF3NO. The van der Waals surface area contributed by atoms with Gasteiger partial charge in [0.25, 0.3) is 0 Å². The van der Waals surface area contributed by atoms with E-state index in [-0.39, 0.29) is 17.7 Å². The van der Waals surface area contributed by atoms with Crippen molar-refractivity contribution < 1.29 is 18.3 Å². The Labute approximate surface area is 109 Å². The van der Waals surface area contributed by atoms with Crippen molar-refractivity contribution in [3.63, 3.8) is 0 Å². The zero-order valence-electron chi connectivity index (χ0n) is 9.89. The Morgan fingerprint density at radius 1 is 1.39 bits per heavy atom. The molecule has 0 spiro atoms. The van der Waals surface area contributed by atoms with E-state index < -0.39 is 11.7 Å². The molecule has 1 rings (SSSR count). The first kappa shape index (κ1) is 15.3. The van der Waals surface area contributed by atoms with Gasteiger partial charge >= 0.3 is 6.18 Å². The summed E-state index contributed by atoms with van der Waals surface area (Å²) < 4.78 is 37.8. The van der Waals surface area contributed by atoms with Crippen molar-refractivity contribution in [3.8, 4) is 0 Å². The third-order valence-corrected chi connectivity index (χ3v) is 2.88. The van der Waals surface area contributed by atoms with Crippen LogP contribution in [-0.2, 0) is 12.7 Å². The van der Waals surface area contributed by atoms with Crippen LogP contribution in [0.5, 0.6) is 0 Å². The van der Waals surface area contributed by atoms with Crippen LogP contribution in [0, 0.1) is 0 Å². The van der Waals surface area contributed by atoms with Gasteiger partial charge in [0, 0.05) is 19.2 Å². The van der Waals surface area contributed by atoms with Crippen LogP contribution in [0.25, 0.3) is 0 Å². The zero-order valence-corrected chi connectivity index (χ0v) is 10.6. The summed E-state index contributed by atoms with van der Waals surface area (Å²) >= 11 is 5.52. The summed E-state index contributed by atoms with van der Waals surface area (Å²) in [6.45, 7) is 2.21. The Hall–Kier alpha value is -0.780. The molecule has 2 nitrogen and oxygen atoms in total. The first-order valence-corrected chi connectivity index (χ1v) is 5.92. The third-order valence-electron chi connectivity index (χ3n) is 2.55. The van der Waals surface area contributed by atoms with Crippen molar-refractivity contribution in [2.45, 2.75) is 32.1 Å². The predicted molar refractivity (Wildman–Crippen MR) is 64.5 cm³/mol. The van der Waals surface area contributed by atoms with Crippen LogP contribution in [-0.4, -0.2) is 17.8 Å². The van der Waals surface area contributed by atoms with E-state index in [9.17, 15) is 13.2 Å². The number of aliphatic hydroxyl groups excluding tert-OH is 1. The molecule has 0 fully saturated rings. The molecule has 0 aliphatic rings. The normalized spacial score (nSPS) is 13.7. The number of aliphatic hydroxyl groups is 1. The van der Waals surface area contributed by atoms with Crippen LogP contribution < -0.4 is 5.32 Å². The molecule has 0 aliphatic carbocycles. The van der Waals surface area contributed by atoms with Crippen LogP contribution >= 0.6 is 11.6 Å². The minimum absolute atomic E-state index is 0.0417. The van der Waals surface area contributed by atoms with Gasteiger partial charge in [0.05, 0.1) is 10.6 Å². The summed E-state index contributed by atoms with van der Waals surface area (Å²) in [6.07, 6.45) is -3.89. The molecule has 102 valence electrons. The Morgan fingerprint density at radius 3 is 2.61 bits per heavy atom. The minimum atomic E-state index is -4.44. The maximum Gasteiger partial charge on any atom is 0.417 e. The number of halogens is 4. The average Bonchev–Trinajstić information content (AvgIpc) is 2.27. The second-order valence-electron chi connectivity index (χ2n) is 4.11. The summed E-state index contributed by atoms with van der Waals surface area (Å²) in [7, 11) is 0. The highest BCUT2D eigenvalue weighted by Gasteiger charge is 2.33. The number of alkyl halides is 3. The molecule has 1 atom stereocenters. The predicted octanol–water partition coefficient (Wildman–Crippen LogP) is 3.22. The molecule has 6 heteroatoms. The number of hydrogen-bond donors (Lipinski definition) is 2. The van der Waals surface area contributed by atoms with Crippen molar-refractivity contribution in [2.24, 2.45) is 0 Å². The van der Waals surface area contributed by atoms with Crippen molar-refractivity contribution in [2.75, 3.05) is 6.61 Å². The number of nitrogens with one attached hydrogen (secondary N) is 1. The van der Waals surface area contributed by atoms with Crippen molar-refractivity contribution in [3.05, 3.63) is 34.3 Å². The van der Waals surface area contributed by atoms with E-state index in [2.05, 4.69) is 5.32 Å². The highest BCUT2D eigenvalue weighted by molar-refractivity contribution is 6.31. The quantitative estimate of drug-likeness (QED) is 0.868. The fraction of sp³-hybridized carbons (Fsp3) is 0.500.